The molecule has 0 heterocycles. The summed E-state index contributed by atoms with van der Waals surface area (Å²) in [5.41, 5.74) is 4.18. The molecule has 0 radical (unpaired) electrons. The maximum Gasteiger partial charge on any atom is 1.00 e. The van der Waals surface area contributed by atoms with Crippen LogP contribution in [0.5, 0.6) is 0 Å². The molecule has 0 N–H and O–H groups in total. The molecule has 0 aromatic heterocycles. The fourth-order valence-electron chi connectivity index (χ4n) is 2.11. The molecule has 1 aromatic carbocycles. The number of rotatable bonds is 2. The van der Waals surface area contributed by atoms with Gasteiger partial charge in [-0.3, -0.25) is 0 Å². The van der Waals surface area contributed by atoms with Crippen molar-refractivity contribution in [3.8, 4) is 0 Å². The second kappa shape index (κ2) is 4.87. The summed E-state index contributed by atoms with van der Waals surface area (Å²) < 4.78 is 0. The van der Waals surface area contributed by atoms with E-state index in [1.165, 1.54) is 29.5 Å². The van der Waals surface area contributed by atoms with Crippen LogP contribution in [-0.4, -0.2) is 0 Å². The Morgan fingerprint density at radius 1 is 1.29 bits per heavy atom. The van der Waals surface area contributed by atoms with Crippen molar-refractivity contribution in [1.29, 1.82) is 0 Å². The molecule has 1 aliphatic rings. The number of hydrogen-bond acceptors (Lipinski definition) is 0. The van der Waals surface area contributed by atoms with Crippen molar-refractivity contribution in [2.75, 3.05) is 0 Å². The van der Waals surface area contributed by atoms with Gasteiger partial charge in [-0.25, -0.2) is 0 Å². The van der Waals surface area contributed by atoms with E-state index < -0.39 is 0 Å². The van der Waals surface area contributed by atoms with Crippen molar-refractivity contribution in [2.45, 2.75) is 32.6 Å². The van der Waals surface area contributed by atoms with Crippen LogP contribution in [0, 0.1) is 6.08 Å². The van der Waals surface area contributed by atoms with E-state index in [9.17, 15) is 0 Å². The maximum absolute atomic E-state index is 3.45. The Morgan fingerprint density at radius 3 is 2.71 bits per heavy atom. The molecule has 0 saturated heterocycles. The summed E-state index contributed by atoms with van der Waals surface area (Å²) in [5, 5.41) is 0. The molecule has 1 aliphatic carbocycles. The van der Waals surface area contributed by atoms with Crippen molar-refractivity contribution in [3.63, 3.8) is 0 Å². The van der Waals surface area contributed by atoms with Gasteiger partial charge in [0.2, 0.25) is 0 Å². The fourth-order valence-corrected chi connectivity index (χ4v) is 2.11. The van der Waals surface area contributed by atoms with Gasteiger partial charge in [0.15, 0.2) is 0 Å². The number of benzene rings is 1. The van der Waals surface area contributed by atoms with E-state index in [-0.39, 0.29) is 18.9 Å². The Bertz CT molecular complexity index is 339. The van der Waals surface area contributed by atoms with E-state index in [1.807, 2.05) is 0 Å². The van der Waals surface area contributed by atoms with Gasteiger partial charge in [0.1, 0.15) is 0 Å². The van der Waals surface area contributed by atoms with Crippen LogP contribution in [-0.2, 0) is 0 Å². The predicted molar refractivity (Wildman–Crippen MR) is 55.6 cm³/mol. The summed E-state index contributed by atoms with van der Waals surface area (Å²) in [5.74, 6) is 0.640. The van der Waals surface area contributed by atoms with E-state index in [2.05, 4.69) is 44.2 Å². The van der Waals surface area contributed by atoms with E-state index in [0.717, 1.165) is 0 Å². The van der Waals surface area contributed by atoms with Crippen molar-refractivity contribution < 1.29 is 18.9 Å². The van der Waals surface area contributed by atoms with Crippen molar-refractivity contribution in [2.24, 2.45) is 0 Å². The molecule has 0 spiro atoms. The fraction of sp³-hybridized carbons (Fsp3) is 0.385. The molecule has 0 fully saturated rings. The van der Waals surface area contributed by atoms with Crippen LogP contribution in [0.1, 0.15) is 43.7 Å². The van der Waals surface area contributed by atoms with Gasteiger partial charge in [0, 0.05) is 0 Å². The quantitative estimate of drug-likeness (QED) is 0.461. The Labute approximate surface area is 98.6 Å². The largest absolute Gasteiger partial charge is 1.00 e. The van der Waals surface area contributed by atoms with Crippen LogP contribution in [0.15, 0.2) is 29.8 Å². The first-order valence-electron chi connectivity index (χ1n) is 5.02. The average molecular weight is 178 g/mol. The SMILES string of the molecule is CCCC1C(C)=[C-]c2ccccc21.[Li+]. The van der Waals surface area contributed by atoms with Crippen LogP contribution in [0.4, 0.5) is 0 Å². The average Bonchev–Trinajstić information content (AvgIpc) is 2.44. The van der Waals surface area contributed by atoms with Gasteiger partial charge in [0.25, 0.3) is 0 Å². The minimum Gasteiger partial charge on any atom is -0.189 e. The van der Waals surface area contributed by atoms with Gasteiger partial charge < -0.3 is 0 Å². The van der Waals surface area contributed by atoms with Gasteiger partial charge in [-0.05, 0) is 0 Å². The predicted octanol–water partition coefficient (Wildman–Crippen LogP) is 0.685. The summed E-state index contributed by atoms with van der Waals surface area (Å²) in [6.07, 6.45) is 5.96. The molecule has 0 nitrogen and oxygen atoms in total. The molecule has 14 heavy (non-hydrogen) atoms. The molecule has 1 atom stereocenters. The van der Waals surface area contributed by atoms with E-state index in [4.69, 9.17) is 0 Å². The number of fused-ring (bicyclic) bond motifs is 1. The van der Waals surface area contributed by atoms with Crippen LogP contribution >= 0.6 is 0 Å². The van der Waals surface area contributed by atoms with Crippen LogP contribution in [0.25, 0.3) is 0 Å². The van der Waals surface area contributed by atoms with Crippen LogP contribution in [0.3, 0.4) is 0 Å². The van der Waals surface area contributed by atoms with Gasteiger partial charge >= 0.3 is 18.9 Å². The Hall–Kier alpha value is -0.443. The minimum absolute atomic E-state index is 0. The monoisotopic (exact) mass is 178 g/mol. The molecule has 0 amide bonds. The first-order chi connectivity index (χ1) is 6.33. The molecule has 1 heteroatoms. The first-order valence-corrected chi connectivity index (χ1v) is 5.02. The smallest absolute Gasteiger partial charge is 0.189 e. The third-order valence-electron chi connectivity index (χ3n) is 2.77. The maximum atomic E-state index is 3.45. The van der Waals surface area contributed by atoms with Gasteiger partial charge in [-0.1, -0.05) is 38.7 Å². The van der Waals surface area contributed by atoms with Crippen molar-refractivity contribution >= 4 is 0 Å². The van der Waals surface area contributed by atoms with E-state index in [0.29, 0.717) is 5.92 Å². The molecule has 1 unspecified atom stereocenters. The summed E-state index contributed by atoms with van der Waals surface area (Å²) >= 11 is 0. The molecule has 1 aromatic rings. The zero-order valence-corrected chi connectivity index (χ0v) is 9.30. The van der Waals surface area contributed by atoms with E-state index in [1.54, 1.807) is 0 Å². The molecule has 0 aliphatic heterocycles. The second-order valence-corrected chi connectivity index (χ2v) is 3.74. The third-order valence-corrected chi connectivity index (χ3v) is 2.77. The molecular formula is C13H15Li. The molecule has 0 bridgehead atoms. The third kappa shape index (κ3) is 1.97. The Balaban J connectivity index is 0.000000980. The normalized spacial score (nSPS) is 18.4. The summed E-state index contributed by atoms with van der Waals surface area (Å²) in [6, 6.07) is 8.61. The standard InChI is InChI=1S/C13H15.Li/c1-3-6-12-10(2)9-11-7-4-5-8-13(11)12;/h4-5,7-8,12H,3,6H2,1-2H3;/q-1;+1. The van der Waals surface area contributed by atoms with Gasteiger partial charge in [0.05, 0.1) is 0 Å². The molecular weight excluding hydrogens is 163 g/mol. The Kier molecular flexibility index (Phi) is 4.05. The first kappa shape index (κ1) is 11.6. The number of hydrogen-bond donors (Lipinski definition) is 0. The van der Waals surface area contributed by atoms with Crippen molar-refractivity contribution in [3.05, 3.63) is 47.0 Å². The van der Waals surface area contributed by atoms with E-state index >= 15 is 0 Å². The van der Waals surface area contributed by atoms with Gasteiger partial charge in [-0.15, -0.1) is 23.3 Å². The molecule has 0 saturated carbocycles. The van der Waals surface area contributed by atoms with Crippen LogP contribution < -0.4 is 18.9 Å². The van der Waals surface area contributed by atoms with Gasteiger partial charge in [-0.2, -0.15) is 17.7 Å². The summed E-state index contributed by atoms with van der Waals surface area (Å²) in [6.45, 7) is 4.44. The second-order valence-electron chi connectivity index (χ2n) is 3.74. The topological polar surface area (TPSA) is 0 Å². The summed E-state index contributed by atoms with van der Waals surface area (Å²) in [7, 11) is 0. The molecule has 2 rings (SSSR count). The molecule has 68 valence electrons. The number of allylic oxidation sites excluding steroid dienone is 1. The minimum atomic E-state index is 0. The Morgan fingerprint density at radius 2 is 2.00 bits per heavy atom. The van der Waals surface area contributed by atoms with Crippen molar-refractivity contribution in [1.82, 2.24) is 0 Å². The zero-order chi connectivity index (χ0) is 9.26. The summed E-state index contributed by atoms with van der Waals surface area (Å²) in [4.78, 5) is 0. The zero-order valence-electron chi connectivity index (χ0n) is 9.30. The van der Waals surface area contributed by atoms with Crippen LogP contribution in [0.2, 0.25) is 0 Å².